The van der Waals surface area contributed by atoms with Crippen molar-refractivity contribution in [3.8, 4) is 0 Å². The summed E-state index contributed by atoms with van der Waals surface area (Å²) < 4.78 is 0. The molecule has 0 aromatic heterocycles. The van der Waals surface area contributed by atoms with Gasteiger partial charge < -0.3 is 10.6 Å². The molecule has 1 aliphatic carbocycles. The van der Waals surface area contributed by atoms with E-state index in [-0.39, 0.29) is 0 Å². The second-order valence-corrected chi connectivity index (χ2v) is 6.69. The van der Waals surface area contributed by atoms with Crippen molar-refractivity contribution in [3.05, 3.63) is 0 Å². The van der Waals surface area contributed by atoms with Crippen LogP contribution < -0.4 is 5.73 Å². The summed E-state index contributed by atoms with van der Waals surface area (Å²) >= 11 is 0. The summed E-state index contributed by atoms with van der Waals surface area (Å²) in [6.45, 7) is 7.23. The fourth-order valence-electron chi connectivity index (χ4n) is 3.76. The summed E-state index contributed by atoms with van der Waals surface area (Å²) in [7, 11) is 0. The van der Waals surface area contributed by atoms with Gasteiger partial charge >= 0.3 is 0 Å². The first-order valence-corrected chi connectivity index (χ1v) is 7.64. The van der Waals surface area contributed by atoms with Crippen molar-refractivity contribution in [2.24, 2.45) is 17.6 Å². The van der Waals surface area contributed by atoms with Crippen molar-refractivity contribution in [1.29, 1.82) is 0 Å². The molecule has 0 amide bonds. The molecule has 2 unspecified atom stereocenters. The van der Waals surface area contributed by atoms with Gasteiger partial charge in [-0.1, -0.05) is 26.7 Å². The van der Waals surface area contributed by atoms with Gasteiger partial charge in [-0.25, -0.2) is 0 Å². The Morgan fingerprint density at radius 3 is 2.47 bits per heavy atom. The van der Waals surface area contributed by atoms with E-state index in [1.165, 1.54) is 58.0 Å². The first kappa shape index (κ1) is 13.4. The Hall–Kier alpha value is -0.0800. The van der Waals surface area contributed by atoms with Gasteiger partial charge in [0.1, 0.15) is 0 Å². The van der Waals surface area contributed by atoms with Gasteiger partial charge in [0.05, 0.1) is 0 Å². The summed E-state index contributed by atoms with van der Waals surface area (Å²) in [5, 5.41) is 0. The van der Waals surface area contributed by atoms with Crippen molar-refractivity contribution in [2.75, 3.05) is 13.1 Å². The topological polar surface area (TPSA) is 29.3 Å². The van der Waals surface area contributed by atoms with Crippen molar-refractivity contribution in [2.45, 2.75) is 70.9 Å². The van der Waals surface area contributed by atoms with Crippen LogP contribution in [-0.4, -0.2) is 30.1 Å². The molecule has 0 spiro atoms. The van der Waals surface area contributed by atoms with Crippen molar-refractivity contribution in [1.82, 2.24) is 4.90 Å². The highest BCUT2D eigenvalue weighted by Gasteiger charge is 2.28. The molecule has 2 heteroatoms. The van der Waals surface area contributed by atoms with Crippen molar-refractivity contribution >= 4 is 0 Å². The summed E-state index contributed by atoms with van der Waals surface area (Å²) in [6, 6.07) is 1.35. The predicted molar refractivity (Wildman–Crippen MR) is 74.0 cm³/mol. The molecule has 0 radical (unpaired) electrons. The minimum atomic E-state index is 0.473. The monoisotopic (exact) mass is 238 g/mol. The lowest BCUT2D eigenvalue weighted by Crippen LogP contribution is -2.46. The lowest BCUT2D eigenvalue weighted by Gasteiger charge is -2.41. The average Bonchev–Trinajstić information content (AvgIpc) is 2.29. The zero-order valence-electron chi connectivity index (χ0n) is 11.7. The van der Waals surface area contributed by atoms with Crippen LogP contribution in [0.5, 0.6) is 0 Å². The summed E-state index contributed by atoms with van der Waals surface area (Å²) in [5.74, 6) is 1.86. The van der Waals surface area contributed by atoms with E-state index in [0.717, 1.165) is 17.9 Å². The maximum absolute atomic E-state index is 5.99. The third kappa shape index (κ3) is 3.96. The molecular formula is C15H30N2. The molecule has 2 fully saturated rings. The van der Waals surface area contributed by atoms with E-state index in [4.69, 9.17) is 5.73 Å². The van der Waals surface area contributed by atoms with Crippen molar-refractivity contribution < 1.29 is 0 Å². The lowest BCUT2D eigenvalue weighted by molar-refractivity contribution is 0.0973. The predicted octanol–water partition coefficient (Wildman–Crippen LogP) is 3.01. The summed E-state index contributed by atoms with van der Waals surface area (Å²) in [5.41, 5.74) is 5.99. The molecule has 0 aromatic rings. The van der Waals surface area contributed by atoms with E-state index in [9.17, 15) is 0 Å². The molecular weight excluding hydrogens is 208 g/mol. The van der Waals surface area contributed by atoms with Crippen LogP contribution in [0.4, 0.5) is 0 Å². The molecule has 17 heavy (non-hydrogen) atoms. The van der Waals surface area contributed by atoms with Gasteiger partial charge in [-0.15, -0.1) is 0 Å². The minimum Gasteiger partial charge on any atom is -0.328 e. The Bertz CT molecular complexity index is 219. The molecule has 100 valence electrons. The highest BCUT2D eigenvalue weighted by molar-refractivity contribution is 4.84. The number of hydrogen-bond acceptors (Lipinski definition) is 2. The second kappa shape index (κ2) is 6.19. The molecule has 2 N–H and O–H groups in total. The van der Waals surface area contributed by atoms with Crippen LogP contribution in [0.1, 0.15) is 58.8 Å². The Morgan fingerprint density at radius 1 is 1.12 bits per heavy atom. The van der Waals surface area contributed by atoms with Crippen LogP contribution in [0, 0.1) is 11.8 Å². The van der Waals surface area contributed by atoms with E-state index in [2.05, 4.69) is 18.7 Å². The number of likely N-dealkylation sites (tertiary alicyclic amines) is 1. The zero-order chi connectivity index (χ0) is 12.3. The smallest absolute Gasteiger partial charge is 0.00979 e. The maximum atomic E-state index is 5.99. The molecule has 0 aromatic carbocycles. The maximum Gasteiger partial charge on any atom is 0.00979 e. The lowest BCUT2D eigenvalue weighted by atomic mass is 9.80. The Morgan fingerprint density at radius 2 is 1.82 bits per heavy atom. The molecule has 2 nitrogen and oxygen atoms in total. The van der Waals surface area contributed by atoms with Crippen LogP contribution in [0.25, 0.3) is 0 Å². The number of piperidine rings is 1. The minimum absolute atomic E-state index is 0.473. The van der Waals surface area contributed by atoms with Crippen LogP contribution in [0.15, 0.2) is 0 Å². The van der Waals surface area contributed by atoms with Crippen LogP contribution in [-0.2, 0) is 0 Å². The second-order valence-electron chi connectivity index (χ2n) is 6.69. The SMILES string of the molecule is CC(C)CC1CCCC(N2CCC(N)CC2)C1. The average molecular weight is 238 g/mol. The molecule has 1 saturated carbocycles. The third-order valence-electron chi connectivity index (χ3n) is 4.65. The highest BCUT2D eigenvalue weighted by Crippen LogP contribution is 2.32. The molecule has 2 aliphatic rings. The first-order valence-electron chi connectivity index (χ1n) is 7.64. The highest BCUT2D eigenvalue weighted by atomic mass is 15.2. The van der Waals surface area contributed by atoms with Crippen LogP contribution in [0.2, 0.25) is 0 Å². The third-order valence-corrected chi connectivity index (χ3v) is 4.65. The van der Waals surface area contributed by atoms with Gasteiger partial charge in [0, 0.05) is 12.1 Å². The Labute approximate surface area is 107 Å². The number of nitrogens with zero attached hydrogens (tertiary/aromatic N) is 1. The van der Waals surface area contributed by atoms with E-state index < -0.39 is 0 Å². The Kier molecular flexibility index (Phi) is 4.87. The van der Waals surface area contributed by atoms with Gasteiger partial charge in [-0.2, -0.15) is 0 Å². The first-order chi connectivity index (χ1) is 8.15. The normalized spacial score (nSPS) is 33.2. The molecule has 2 atom stereocenters. The van der Waals surface area contributed by atoms with Gasteiger partial charge in [-0.05, 0) is 57.0 Å². The number of rotatable bonds is 3. The van der Waals surface area contributed by atoms with E-state index >= 15 is 0 Å². The van der Waals surface area contributed by atoms with E-state index in [0.29, 0.717) is 6.04 Å². The molecule has 1 aliphatic heterocycles. The standard InChI is InChI=1S/C15H30N2/c1-12(2)10-13-4-3-5-15(11-13)17-8-6-14(16)7-9-17/h12-15H,3-11,16H2,1-2H3. The fraction of sp³-hybridized carbons (Fsp3) is 1.00. The van der Waals surface area contributed by atoms with E-state index in [1.807, 2.05) is 0 Å². The number of hydrogen-bond donors (Lipinski definition) is 1. The zero-order valence-corrected chi connectivity index (χ0v) is 11.7. The van der Waals surface area contributed by atoms with Gasteiger partial charge in [-0.3, -0.25) is 0 Å². The molecule has 2 rings (SSSR count). The van der Waals surface area contributed by atoms with Gasteiger partial charge in [0.15, 0.2) is 0 Å². The largest absolute Gasteiger partial charge is 0.328 e. The van der Waals surface area contributed by atoms with Gasteiger partial charge in [0.2, 0.25) is 0 Å². The van der Waals surface area contributed by atoms with Gasteiger partial charge in [0.25, 0.3) is 0 Å². The van der Waals surface area contributed by atoms with Crippen LogP contribution in [0.3, 0.4) is 0 Å². The van der Waals surface area contributed by atoms with Crippen LogP contribution >= 0.6 is 0 Å². The van der Waals surface area contributed by atoms with E-state index in [1.54, 1.807) is 0 Å². The quantitative estimate of drug-likeness (QED) is 0.819. The summed E-state index contributed by atoms with van der Waals surface area (Å²) in [6.07, 6.45) is 9.67. The molecule has 1 saturated heterocycles. The fourth-order valence-corrected chi connectivity index (χ4v) is 3.76. The number of nitrogens with two attached hydrogens (primary N) is 1. The molecule has 0 bridgehead atoms. The molecule has 1 heterocycles. The summed E-state index contributed by atoms with van der Waals surface area (Å²) in [4.78, 5) is 2.73. The Balaban J connectivity index is 1.80. The van der Waals surface area contributed by atoms with Crippen molar-refractivity contribution in [3.63, 3.8) is 0 Å².